The highest BCUT2D eigenvalue weighted by Crippen LogP contribution is 2.32. The van der Waals surface area contributed by atoms with E-state index in [9.17, 15) is 24.0 Å². The minimum atomic E-state index is -1.46. The molecule has 0 amide bonds. The molecule has 0 radical (unpaired) electrons. The van der Waals surface area contributed by atoms with Gasteiger partial charge >= 0.3 is 17.9 Å². The normalized spacial score (nSPS) is 11.1. The van der Waals surface area contributed by atoms with Gasteiger partial charge in [0, 0.05) is 19.4 Å². The number of rotatable bonds is 18. The highest BCUT2D eigenvalue weighted by atomic mass is 16.6. The zero-order valence-electron chi connectivity index (χ0n) is 27.9. The highest BCUT2D eigenvalue weighted by molar-refractivity contribution is 6.32. The lowest BCUT2D eigenvalue weighted by Gasteiger charge is -2.32. The van der Waals surface area contributed by atoms with Crippen molar-refractivity contribution in [1.82, 2.24) is 0 Å². The van der Waals surface area contributed by atoms with Gasteiger partial charge in [0.05, 0.1) is 0 Å². The summed E-state index contributed by atoms with van der Waals surface area (Å²) in [7, 11) is 0. The molecule has 0 atom stereocenters. The average Bonchev–Trinajstić information content (AvgIpc) is 3.06. The van der Waals surface area contributed by atoms with Crippen molar-refractivity contribution in [2.75, 3.05) is 26.4 Å². The van der Waals surface area contributed by atoms with Crippen LogP contribution < -0.4 is 4.74 Å². The van der Waals surface area contributed by atoms with Crippen molar-refractivity contribution in [1.29, 1.82) is 0 Å². The van der Waals surface area contributed by atoms with Gasteiger partial charge in [-0.15, -0.1) is 0 Å². The minimum Gasteiger partial charge on any atom is -0.492 e. The van der Waals surface area contributed by atoms with E-state index in [2.05, 4.69) is 49.9 Å². The van der Waals surface area contributed by atoms with Gasteiger partial charge < -0.3 is 18.9 Å². The topological polar surface area (TPSA) is 122 Å². The van der Waals surface area contributed by atoms with Crippen LogP contribution in [0.1, 0.15) is 65.0 Å². The quantitative estimate of drug-likeness (QED) is 0.0499. The molecule has 3 aromatic rings. The zero-order chi connectivity index (χ0) is 34.6. The predicted octanol–water partition coefficient (Wildman–Crippen LogP) is 6.55. The van der Waals surface area contributed by atoms with Gasteiger partial charge in [-0.05, 0) is 77.4 Å². The van der Waals surface area contributed by atoms with Gasteiger partial charge in [0.2, 0.25) is 11.6 Å². The van der Waals surface area contributed by atoms with Crippen molar-refractivity contribution in [3.05, 3.63) is 77.9 Å². The molecule has 0 aliphatic rings. The van der Waals surface area contributed by atoms with Crippen molar-refractivity contribution in [3.8, 4) is 16.9 Å². The molecule has 0 N–H and O–H groups in total. The summed E-state index contributed by atoms with van der Waals surface area (Å²) in [5.74, 6) is -4.15. The van der Waals surface area contributed by atoms with Crippen LogP contribution in [-0.2, 0) is 51.0 Å². The van der Waals surface area contributed by atoms with Gasteiger partial charge in [-0.1, -0.05) is 69.7 Å². The Morgan fingerprint density at radius 1 is 0.660 bits per heavy atom. The van der Waals surface area contributed by atoms with E-state index in [1.165, 1.54) is 37.1 Å². The fourth-order valence-electron chi connectivity index (χ4n) is 4.85. The Labute approximate surface area is 276 Å². The van der Waals surface area contributed by atoms with Gasteiger partial charge in [-0.3, -0.25) is 9.59 Å². The number of aryl methyl sites for hydroxylation is 2. The van der Waals surface area contributed by atoms with E-state index in [1.807, 2.05) is 25.1 Å². The van der Waals surface area contributed by atoms with Gasteiger partial charge in [-0.2, -0.15) is 0 Å². The second kappa shape index (κ2) is 17.2. The van der Waals surface area contributed by atoms with Gasteiger partial charge in [0.1, 0.15) is 37.6 Å². The van der Waals surface area contributed by atoms with Crippen LogP contribution in [0.5, 0.6) is 5.75 Å². The molecule has 9 nitrogen and oxygen atoms in total. The molecule has 0 unspecified atom stereocenters. The maximum absolute atomic E-state index is 12.3. The Bertz CT molecular complexity index is 1560. The number of ketones is 2. The summed E-state index contributed by atoms with van der Waals surface area (Å²) in [5, 5.41) is 2.34. The van der Waals surface area contributed by atoms with Crippen LogP contribution in [0.25, 0.3) is 21.9 Å². The molecule has 250 valence electrons. The van der Waals surface area contributed by atoms with Gasteiger partial charge in [0.25, 0.3) is 0 Å². The Hall–Kier alpha value is -4.79. The molecule has 9 heteroatoms. The number of ether oxygens (including phenoxy) is 4. The van der Waals surface area contributed by atoms with E-state index in [0.29, 0.717) is 12.2 Å². The highest BCUT2D eigenvalue weighted by Gasteiger charge is 2.38. The van der Waals surface area contributed by atoms with Crippen molar-refractivity contribution >= 4 is 40.2 Å². The van der Waals surface area contributed by atoms with Crippen molar-refractivity contribution in [3.63, 3.8) is 0 Å². The first-order valence-electron chi connectivity index (χ1n) is 15.8. The summed E-state index contributed by atoms with van der Waals surface area (Å²) in [5.41, 5.74) is 2.92. The van der Waals surface area contributed by atoms with Crippen LogP contribution in [0, 0.1) is 5.41 Å². The second-order valence-electron chi connectivity index (χ2n) is 11.9. The first-order valence-corrected chi connectivity index (χ1v) is 15.8. The van der Waals surface area contributed by atoms with E-state index in [1.54, 1.807) is 0 Å². The predicted molar refractivity (Wildman–Crippen MR) is 179 cm³/mol. The van der Waals surface area contributed by atoms with E-state index in [0.717, 1.165) is 42.3 Å². The number of fused-ring (bicyclic) bond motifs is 1. The fraction of sp³-hybridized carbons (Fsp3) is 0.395. The molecule has 3 aromatic carbocycles. The number of hydrogen-bond donors (Lipinski definition) is 0. The summed E-state index contributed by atoms with van der Waals surface area (Å²) in [6.45, 7) is 9.63. The lowest BCUT2D eigenvalue weighted by Crippen LogP contribution is -2.45. The Morgan fingerprint density at radius 2 is 1.21 bits per heavy atom. The van der Waals surface area contributed by atoms with Crippen molar-refractivity contribution in [2.24, 2.45) is 5.41 Å². The standard InChI is InChI=1S/C38H44O9/c1-7-9-10-11-28-12-13-31-20-32(15-14-30(31)18-28)33-16-17-34(29(8-2)19-33)44-21-38(22-45-35(41)25(3)4,23-46-36(42)26(5)39)24-47-37(43)27(6)40/h12-20H,3,7-11,21-24H2,1-2,4-6H3. The summed E-state index contributed by atoms with van der Waals surface area (Å²) < 4.78 is 22.0. The van der Waals surface area contributed by atoms with Crippen molar-refractivity contribution < 1.29 is 42.9 Å². The smallest absolute Gasteiger partial charge is 0.374 e. The molecule has 0 aliphatic heterocycles. The molecule has 0 aromatic heterocycles. The Morgan fingerprint density at radius 3 is 1.79 bits per heavy atom. The van der Waals surface area contributed by atoms with Gasteiger partial charge in [0.15, 0.2) is 0 Å². The molecule has 0 heterocycles. The third-order valence-corrected chi connectivity index (χ3v) is 7.73. The van der Waals surface area contributed by atoms with Crippen LogP contribution >= 0.6 is 0 Å². The number of esters is 3. The third-order valence-electron chi connectivity index (χ3n) is 7.73. The number of carbonyl (C=O) groups is 5. The summed E-state index contributed by atoms with van der Waals surface area (Å²) in [4.78, 5) is 59.6. The second-order valence-corrected chi connectivity index (χ2v) is 11.9. The molecule has 0 saturated heterocycles. The monoisotopic (exact) mass is 644 g/mol. The van der Waals surface area contributed by atoms with Crippen LogP contribution in [0.15, 0.2) is 66.7 Å². The molecular weight excluding hydrogens is 600 g/mol. The summed E-state index contributed by atoms with van der Waals surface area (Å²) in [6, 6.07) is 18.8. The minimum absolute atomic E-state index is 0.117. The van der Waals surface area contributed by atoms with E-state index >= 15 is 0 Å². The van der Waals surface area contributed by atoms with Crippen LogP contribution in [0.4, 0.5) is 0 Å². The molecule has 0 aliphatic carbocycles. The first-order chi connectivity index (χ1) is 22.4. The lowest BCUT2D eigenvalue weighted by molar-refractivity contribution is -0.168. The van der Waals surface area contributed by atoms with E-state index in [-0.39, 0.29) is 12.2 Å². The lowest BCUT2D eigenvalue weighted by atomic mass is 9.91. The fourth-order valence-corrected chi connectivity index (χ4v) is 4.85. The number of hydrogen-bond acceptors (Lipinski definition) is 9. The average molecular weight is 645 g/mol. The zero-order valence-corrected chi connectivity index (χ0v) is 27.9. The number of carbonyl (C=O) groups excluding carboxylic acids is 5. The van der Waals surface area contributed by atoms with Crippen molar-refractivity contribution in [2.45, 2.75) is 66.7 Å². The largest absolute Gasteiger partial charge is 0.492 e. The third kappa shape index (κ3) is 10.6. The summed E-state index contributed by atoms with van der Waals surface area (Å²) >= 11 is 0. The number of benzene rings is 3. The first kappa shape index (κ1) is 36.7. The molecule has 0 spiro atoms. The van der Waals surface area contributed by atoms with E-state index in [4.69, 9.17) is 18.9 Å². The molecular formula is C38H44O9. The SMILES string of the molecule is C=C(C)C(=O)OCC(COC(=O)C(C)=O)(COC(=O)C(C)=O)COc1ccc(-c2ccc3cc(CCCCC)ccc3c2)cc1CC. The van der Waals surface area contributed by atoms with Crippen LogP contribution in [0.3, 0.4) is 0 Å². The van der Waals surface area contributed by atoms with Crippen LogP contribution in [-0.4, -0.2) is 55.9 Å². The maximum atomic E-state index is 12.3. The number of Topliss-reactive ketones (excluding diaryl/α,β-unsaturated/α-hetero) is 2. The molecule has 3 rings (SSSR count). The molecule has 0 bridgehead atoms. The molecule has 0 fully saturated rings. The Balaban J connectivity index is 1.89. The number of unbranched alkanes of at least 4 members (excludes halogenated alkanes) is 2. The summed E-state index contributed by atoms with van der Waals surface area (Å²) in [6.07, 6.45) is 5.29. The van der Waals surface area contributed by atoms with Crippen LogP contribution in [0.2, 0.25) is 0 Å². The van der Waals surface area contributed by atoms with Gasteiger partial charge in [-0.25, -0.2) is 14.4 Å². The Kier molecular flexibility index (Phi) is 13.4. The molecule has 47 heavy (non-hydrogen) atoms. The molecule has 0 saturated carbocycles. The van der Waals surface area contributed by atoms with E-state index < -0.39 is 54.7 Å². The maximum Gasteiger partial charge on any atom is 0.374 e.